The van der Waals surface area contributed by atoms with Gasteiger partial charge in [-0.25, -0.2) is 9.48 Å². The summed E-state index contributed by atoms with van der Waals surface area (Å²) in [5.41, 5.74) is 1.76. The van der Waals surface area contributed by atoms with Crippen molar-refractivity contribution >= 4 is 5.97 Å². The summed E-state index contributed by atoms with van der Waals surface area (Å²) in [5.74, 6) is 0.190. The van der Waals surface area contributed by atoms with Crippen molar-refractivity contribution in [2.75, 3.05) is 13.2 Å². The summed E-state index contributed by atoms with van der Waals surface area (Å²) in [6.45, 7) is 1.83. The maximum absolute atomic E-state index is 11.4. The van der Waals surface area contributed by atoms with Gasteiger partial charge < -0.3 is 9.47 Å². The van der Waals surface area contributed by atoms with Gasteiger partial charge in [-0.15, -0.1) is 5.10 Å². The SMILES string of the molecule is CCOC(=O)COc1nc(-c2ccccc2)n(-c2ccccc2)n1. The summed E-state index contributed by atoms with van der Waals surface area (Å²) in [7, 11) is 0. The standard InChI is InChI=1S/C18H17N3O3/c1-2-23-16(22)13-24-18-19-17(14-9-5-3-6-10-14)21(20-18)15-11-7-4-8-12-15/h3-12H,2,13H2,1H3. The maximum atomic E-state index is 11.4. The van der Waals surface area contributed by atoms with Crippen molar-refractivity contribution in [3.63, 3.8) is 0 Å². The highest BCUT2D eigenvalue weighted by Crippen LogP contribution is 2.23. The summed E-state index contributed by atoms with van der Waals surface area (Å²) in [6.07, 6.45) is 0. The summed E-state index contributed by atoms with van der Waals surface area (Å²) in [5, 5.41) is 4.36. The Morgan fingerprint density at radius 3 is 2.38 bits per heavy atom. The number of carbonyl (C=O) groups is 1. The van der Waals surface area contributed by atoms with Crippen LogP contribution in [0.15, 0.2) is 60.7 Å². The molecule has 0 saturated heterocycles. The molecule has 0 aliphatic rings. The van der Waals surface area contributed by atoms with Crippen LogP contribution in [0.25, 0.3) is 17.1 Å². The quantitative estimate of drug-likeness (QED) is 0.653. The van der Waals surface area contributed by atoms with Gasteiger partial charge in [0.1, 0.15) is 0 Å². The molecule has 1 aromatic heterocycles. The van der Waals surface area contributed by atoms with Crippen molar-refractivity contribution in [3.8, 4) is 23.1 Å². The third kappa shape index (κ3) is 3.60. The summed E-state index contributed by atoms with van der Waals surface area (Å²) < 4.78 is 11.9. The van der Waals surface area contributed by atoms with Gasteiger partial charge in [0.25, 0.3) is 0 Å². The molecule has 0 amide bonds. The molecule has 1 heterocycles. The fourth-order valence-corrected chi connectivity index (χ4v) is 2.20. The van der Waals surface area contributed by atoms with Crippen molar-refractivity contribution in [1.29, 1.82) is 0 Å². The number of rotatable bonds is 6. The fourth-order valence-electron chi connectivity index (χ4n) is 2.20. The van der Waals surface area contributed by atoms with E-state index in [4.69, 9.17) is 9.47 Å². The van der Waals surface area contributed by atoms with Crippen LogP contribution >= 0.6 is 0 Å². The Bertz CT molecular complexity index is 744. The number of benzene rings is 2. The van der Waals surface area contributed by atoms with E-state index < -0.39 is 5.97 Å². The van der Waals surface area contributed by atoms with Crippen molar-refractivity contribution < 1.29 is 14.3 Å². The molecule has 0 aliphatic heterocycles. The minimum Gasteiger partial charge on any atom is -0.463 e. The summed E-state index contributed by atoms with van der Waals surface area (Å²) in [4.78, 5) is 15.8. The van der Waals surface area contributed by atoms with Crippen molar-refractivity contribution in [1.82, 2.24) is 14.8 Å². The molecule has 3 rings (SSSR count). The highest BCUT2D eigenvalue weighted by Gasteiger charge is 2.15. The first-order chi connectivity index (χ1) is 11.8. The zero-order valence-corrected chi connectivity index (χ0v) is 13.3. The van der Waals surface area contributed by atoms with Gasteiger partial charge in [0.05, 0.1) is 12.3 Å². The Labute approximate surface area is 139 Å². The van der Waals surface area contributed by atoms with E-state index in [0.29, 0.717) is 12.4 Å². The first kappa shape index (κ1) is 15.7. The average Bonchev–Trinajstić information content (AvgIpc) is 3.06. The van der Waals surface area contributed by atoms with Crippen molar-refractivity contribution in [2.24, 2.45) is 0 Å². The van der Waals surface area contributed by atoms with Crippen LogP contribution in [0.1, 0.15) is 6.92 Å². The number of hydrogen-bond donors (Lipinski definition) is 0. The molecule has 0 unspecified atom stereocenters. The number of ether oxygens (including phenoxy) is 2. The second kappa shape index (κ2) is 7.41. The largest absolute Gasteiger partial charge is 0.463 e. The lowest BCUT2D eigenvalue weighted by atomic mass is 10.2. The molecule has 24 heavy (non-hydrogen) atoms. The molecule has 2 aromatic carbocycles. The third-order valence-electron chi connectivity index (χ3n) is 3.24. The fraction of sp³-hybridized carbons (Fsp3) is 0.167. The zero-order chi connectivity index (χ0) is 16.8. The van der Waals surface area contributed by atoms with Crippen molar-refractivity contribution in [3.05, 3.63) is 60.7 Å². The van der Waals surface area contributed by atoms with Gasteiger partial charge in [-0.1, -0.05) is 48.5 Å². The molecular formula is C18H17N3O3. The first-order valence-electron chi connectivity index (χ1n) is 7.64. The molecule has 0 N–H and O–H groups in total. The Morgan fingerprint density at radius 2 is 1.71 bits per heavy atom. The minimum atomic E-state index is -0.449. The number of hydrogen-bond acceptors (Lipinski definition) is 5. The van der Waals surface area contributed by atoms with E-state index in [2.05, 4.69) is 10.1 Å². The van der Waals surface area contributed by atoms with Crippen LogP contribution in [-0.4, -0.2) is 33.9 Å². The van der Waals surface area contributed by atoms with Gasteiger partial charge in [-0.3, -0.25) is 0 Å². The minimum absolute atomic E-state index is 0.130. The summed E-state index contributed by atoms with van der Waals surface area (Å²) >= 11 is 0. The first-order valence-corrected chi connectivity index (χ1v) is 7.64. The van der Waals surface area contributed by atoms with Crippen LogP contribution in [-0.2, 0) is 9.53 Å². The normalized spacial score (nSPS) is 10.4. The molecule has 0 atom stereocenters. The Kier molecular flexibility index (Phi) is 4.86. The molecule has 0 saturated carbocycles. The molecule has 122 valence electrons. The number of aromatic nitrogens is 3. The van der Waals surface area contributed by atoms with Crippen LogP contribution in [0, 0.1) is 0 Å². The van der Waals surface area contributed by atoms with Crippen molar-refractivity contribution in [2.45, 2.75) is 6.92 Å². The van der Waals surface area contributed by atoms with Gasteiger partial charge in [-0.2, -0.15) is 4.98 Å². The molecule has 0 aliphatic carbocycles. The van der Waals surface area contributed by atoms with Gasteiger partial charge >= 0.3 is 12.0 Å². The van der Waals surface area contributed by atoms with Crippen LogP contribution < -0.4 is 4.74 Å². The van der Waals surface area contributed by atoms with E-state index in [1.165, 1.54) is 0 Å². The molecule has 0 spiro atoms. The second-order valence-electron chi connectivity index (χ2n) is 4.93. The van der Waals surface area contributed by atoms with Gasteiger partial charge in [0.15, 0.2) is 12.4 Å². The number of esters is 1. The molecule has 6 heteroatoms. The lowest BCUT2D eigenvalue weighted by Crippen LogP contribution is -2.15. The Hall–Kier alpha value is -3.15. The topological polar surface area (TPSA) is 66.2 Å². The lowest BCUT2D eigenvalue weighted by Gasteiger charge is -2.04. The zero-order valence-electron chi connectivity index (χ0n) is 13.3. The smallest absolute Gasteiger partial charge is 0.344 e. The average molecular weight is 323 g/mol. The highest BCUT2D eigenvalue weighted by atomic mass is 16.6. The van der Waals surface area contributed by atoms with Crippen LogP contribution in [0.4, 0.5) is 0 Å². The lowest BCUT2D eigenvalue weighted by molar-refractivity contribution is -0.145. The molecule has 0 radical (unpaired) electrons. The molecule has 3 aromatic rings. The molecule has 0 bridgehead atoms. The van der Waals surface area contributed by atoms with Gasteiger partial charge in [0.2, 0.25) is 0 Å². The van der Waals surface area contributed by atoms with Gasteiger partial charge in [0, 0.05) is 5.56 Å². The number of para-hydroxylation sites is 1. The maximum Gasteiger partial charge on any atom is 0.344 e. The number of carbonyl (C=O) groups excluding carboxylic acids is 1. The van der Waals surface area contributed by atoms with Gasteiger partial charge in [-0.05, 0) is 19.1 Å². The number of nitrogens with zero attached hydrogens (tertiary/aromatic N) is 3. The van der Waals surface area contributed by atoms with Crippen LogP contribution in [0.2, 0.25) is 0 Å². The van der Waals surface area contributed by atoms with Crippen LogP contribution in [0.3, 0.4) is 0 Å². The van der Waals surface area contributed by atoms with E-state index >= 15 is 0 Å². The van der Waals surface area contributed by atoms with E-state index in [1.54, 1.807) is 11.6 Å². The molecule has 0 fully saturated rings. The third-order valence-corrected chi connectivity index (χ3v) is 3.24. The molecule has 6 nitrogen and oxygen atoms in total. The van der Waals surface area contributed by atoms with E-state index in [0.717, 1.165) is 11.3 Å². The second-order valence-corrected chi connectivity index (χ2v) is 4.93. The predicted octanol–water partition coefficient (Wildman–Crippen LogP) is 2.88. The van der Waals surface area contributed by atoms with E-state index in [1.807, 2.05) is 60.7 Å². The summed E-state index contributed by atoms with van der Waals surface area (Å²) in [6, 6.07) is 19.4. The Balaban J connectivity index is 1.93. The van der Waals surface area contributed by atoms with E-state index in [9.17, 15) is 4.79 Å². The predicted molar refractivity (Wildman–Crippen MR) is 88.9 cm³/mol. The monoisotopic (exact) mass is 323 g/mol. The van der Waals surface area contributed by atoms with E-state index in [-0.39, 0.29) is 12.6 Å². The van der Waals surface area contributed by atoms with Crippen LogP contribution in [0.5, 0.6) is 6.01 Å². The Morgan fingerprint density at radius 1 is 1.04 bits per heavy atom. The molecular weight excluding hydrogens is 306 g/mol. The highest BCUT2D eigenvalue weighted by molar-refractivity contribution is 5.71.